The summed E-state index contributed by atoms with van der Waals surface area (Å²) in [6.07, 6.45) is 6.70. The van der Waals surface area contributed by atoms with Crippen LogP contribution in [0.3, 0.4) is 0 Å². The van der Waals surface area contributed by atoms with Crippen molar-refractivity contribution >= 4 is 21.7 Å². The van der Waals surface area contributed by atoms with Crippen molar-refractivity contribution in [3.63, 3.8) is 0 Å². The topological polar surface area (TPSA) is 137 Å². The van der Waals surface area contributed by atoms with Gasteiger partial charge < -0.3 is 15.8 Å². The van der Waals surface area contributed by atoms with Gasteiger partial charge in [0.2, 0.25) is 5.95 Å². The van der Waals surface area contributed by atoms with Gasteiger partial charge in [0.05, 0.1) is 16.9 Å². The van der Waals surface area contributed by atoms with Crippen LogP contribution in [0.4, 0.5) is 5.82 Å². The molecule has 3 N–H and O–H groups in total. The first-order valence-electron chi connectivity index (χ1n) is 9.15. The number of anilines is 1. The van der Waals surface area contributed by atoms with Crippen molar-refractivity contribution in [1.82, 2.24) is 19.5 Å². The molecule has 3 aromatic rings. The standard InChI is InChI=1S/C19H21N7O3S/c1-19(2,24-15-6-7-22-18(23-15)26-9-8-21-12-26)11-29-14-5-3-4-13-10-30(27,28)25-17(20)16(13)14/h3-9,12H,10-11H2,1-2H3,(H2,20,25)(H,22,23,24). The van der Waals surface area contributed by atoms with E-state index in [1.807, 2.05) is 13.8 Å². The van der Waals surface area contributed by atoms with E-state index in [9.17, 15) is 8.42 Å². The molecule has 0 aliphatic carbocycles. The zero-order valence-corrected chi connectivity index (χ0v) is 17.3. The average Bonchev–Trinajstić information content (AvgIpc) is 3.20. The van der Waals surface area contributed by atoms with Gasteiger partial charge in [-0.15, -0.1) is 4.40 Å². The number of nitrogens with zero attached hydrogens (tertiary/aromatic N) is 5. The summed E-state index contributed by atoms with van der Waals surface area (Å²) in [7, 11) is -3.59. The van der Waals surface area contributed by atoms with Crippen molar-refractivity contribution in [2.75, 3.05) is 11.9 Å². The Morgan fingerprint density at radius 1 is 1.27 bits per heavy atom. The van der Waals surface area contributed by atoms with Gasteiger partial charge in [0.15, 0.2) is 0 Å². The number of rotatable bonds is 6. The molecule has 1 aliphatic rings. The van der Waals surface area contributed by atoms with E-state index in [4.69, 9.17) is 10.5 Å². The van der Waals surface area contributed by atoms with E-state index in [2.05, 4.69) is 24.7 Å². The Morgan fingerprint density at radius 2 is 2.10 bits per heavy atom. The van der Waals surface area contributed by atoms with Crippen LogP contribution < -0.4 is 15.8 Å². The summed E-state index contributed by atoms with van der Waals surface area (Å²) in [6, 6.07) is 6.97. The van der Waals surface area contributed by atoms with Gasteiger partial charge in [0.25, 0.3) is 10.0 Å². The molecule has 10 nitrogen and oxygen atoms in total. The van der Waals surface area contributed by atoms with Gasteiger partial charge in [0.1, 0.15) is 30.3 Å². The van der Waals surface area contributed by atoms with Crippen molar-refractivity contribution in [3.8, 4) is 11.7 Å². The number of amidine groups is 1. The Bertz CT molecular complexity index is 1200. The van der Waals surface area contributed by atoms with E-state index >= 15 is 0 Å². The highest BCUT2D eigenvalue weighted by Crippen LogP contribution is 2.29. The van der Waals surface area contributed by atoms with Crippen LogP contribution in [0.25, 0.3) is 5.95 Å². The molecule has 11 heteroatoms. The lowest BCUT2D eigenvalue weighted by Gasteiger charge is -2.28. The van der Waals surface area contributed by atoms with Crippen LogP contribution in [0.2, 0.25) is 0 Å². The summed E-state index contributed by atoms with van der Waals surface area (Å²) in [5.41, 5.74) is 6.49. The van der Waals surface area contributed by atoms with Crippen molar-refractivity contribution in [2.45, 2.75) is 25.1 Å². The van der Waals surface area contributed by atoms with Crippen LogP contribution in [-0.4, -0.2) is 45.9 Å². The molecule has 0 fully saturated rings. The van der Waals surface area contributed by atoms with Crippen molar-refractivity contribution in [2.24, 2.45) is 10.1 Å². The molecule has 0 bridgehead atoms. The molecule has 156 valence electrons. The minimum absolute atomic E-state index is 0.0570. The first-order chi connectivity index (χ1) is 14.2. The fourth-order valence-corrected chi connectivity index (χ4v) is 4.18. The third kappa shape index (κ3) is 4.25. The van der Waals surface area contributed by atoms with Gasteiger partial charge in [-0.2, -0.15) is 4.98 Å². The van der Waals surface area contributed by atoms with Gasteiger partial charge in [-0.25, -0.2) is 18.4 Å². The summed E-state index contributed by atoms with van der Waals surface area (Å²) in [6.45, 7) is 4.19. The first kappa shape index (κ1) is 19.8. The SMILES string of the molecule is CC(C)(COc1cccc2c1C(N)=NS(=O)(=O)C2)Nc1ccnc(-n2ccnc2)n1. The summed E-state index contributed by atoms with van der Waals surface area (Å²) in [4.78, 5) is 12.7. The largest absolute Gasteiger partial charge is 0.490 e. The Morgan fingerprint density at radius 3 is 2.87 bits per heavy atom. The van der Waals surface area contributed by atoms with Gasteiger partial charge in [-0.1, -0.05) is 12.1 Å². The Hall–Kier alpha value is -3.47. The molecule has 0 unspecified atom stereocenters. The second kappa shape index (κ2) is 7.41. The minimum Gasteiger partial charge on any atom is -0.490 e. The van der Waals surface area contributed by atoms with E-state index < -0.39 is 15.6 Å². The van der Waals surface area contributed by atoms with E-state index in [1.54, 1.807) is 53.8 Å². The highest BCUT2D eigenvalue weighted by Gasteiger charge is 2.26. The lowest BCUT2D eigenvalue weighted by Crippen LogP contribution is -2.38. The number of hydrogen-bond donors (Lipinski definition) is 2. The molecule has 1 aromatic carbocycles. The van der Waals surface area contributed by atoms with Crippen LogP contribution in [0.15, 0.2) is 53.6 Å². The third-order valence-corrected chi connectivity index (χ3v) is 5.53. The van der Waals surface area contributed by atoms with E-state index in [0.717, 1.165) is 0 Å². The number of hydrogen-bond acceptors (Lipinski definition) is 8. The molecule has 0 amide bonds. The van der Waals surface area contributed by atoms with Gasteiger partial charge in [0, 0.05) is 18.6 Å². The quantitative estimate of drug-likeness (QED) is 0.603. The van der Waals surface area contributed by atoms with Crippen LogP contribution in [0.5, 0.6) is 5.75 Å². The maximum atomic E-state index is 11.8. The molecule has 2 aromatic heterocycles. The molecule has 0 saturated carbocycles. The van der Waals surface area contributed by atoms with Crippen molar-refractivity contribution in [3.05, 3.63) is 60.3 Å². The van der Waals surface area contributed by atoms with Crippen LogP contribution >= 0.6 is 0 Å². The Balaban J connectivity index is 1.50. The highest BCUT2D eigenvalue weighted by molar-refractivity contribution is 7.89. The van der Waals surface area contributed by atoms with Crippen molar-refractivity contribution in [1.29, 1.82) is 0 Å². The zero-order valence-electron chi connectivity index (χ0n) is 16.5. The van der Waals surface area contributed by atoms with E-state index in [1.165, 1.54) is 0 Å². The number of imidazole rings is 1. The first-order valence-corrected chi connectivity index (χ1v) is 10.8. The second-order valence-electron chi connectivity index (χ2n) is 7.50. The molecule has 1 aliphatic heterocycles. The lowest BCUT2D eigenvalue weighted by atomic mass is 10.1. The Labute approximate surface area is 173 Å². The molecule has 0 atom stereocenters. The fourth-order valence-electron chi connectivity index (χ4n) is 3.09. The summed E-state index contributed by atoms with van der Waals surface area (Å²) < 4.78 is 35.0. The highest BCUT2D eigenvalue weighted by atomic mass is 32.2. The molecule has 0 radical (unpaired) electrons. The zero-order chi connectivity index (χ0) is 21.4. The summed E-state index contributed by atoms with van der Waals surface area (Å²) in [5.74, 6) is 1.36. The number of nitrogens with one attached hydrogen (secondary N) is 1. The minimum atomic E-state index is -3.59. The monoisotopic (exact) mass is 427 g/mol. The molecule has 3 heterocycles. The molecule has 30 heavy (non-hydrogen) atoms. The maximum absolute atomic E-state index is 11.8. The predicted molar refractivity (Wildman–Crippen MR) is 112 cm³/mol. The van der Waals surface area contributed by atoms with Crippen molar-refractivity contribution < 1.29 is 13.2 Å². The second-order valence-corrected chi connectivity index (χ2v) is 9.14. The van der Waals surface area contributed by atoms with Gasteiger partial charge in [-0.3, -0.25) is 4.57 Å². The molecule has 0 spiro atoms. The average molecular weight is 427 g/mol. The number of fused-ring (bicyclic) bond motifs is 1. The third-order valence-electron chi connectivity index (χ3n) is 4.38. The molecular formula is C19H21N7O3S. The van der Waals surface area contributed by atoms with Gasteiger partial charge >= 0.3 is 0 Å². The van der Waals surface area contributed by atoms with Crippen LogP contribution in [0.1, 0.15) is 25.0 Å². The van der Waals surface area contributed by atoms with E-state index in [0.29, 0.717) is 28.6 Å². The predicted octanol–water partition coefficient (Wildman–Crippen LogP) is 1.48. The number of benzene rings is 1. The summed E-state index contributed by atoms with van der Waals surface area (Å²) in [5, 5.41) is 3.33. The normalized spacial score (nSPS) is 15.2. The Kier molecular flexibility index (Phi) is 4.90. The smallest absolute Gasteiger partial charge is 0.259 e. The number of sulfonamides is 1. The van der Waals surface area contributed by atoms with E-state index in [-0.39, 0.29) is 18.2 Å². The van der Waals surface area contributed by atoms with Crippen LogP contribution in [0, 0.1) is 0 Å². The van der Waals surface area contributed by atoms with Gasteiger partial charge in [-0.05, 0) is 31.5 Å². The molecule has 4 rings (SSSR count). The summed E-state index contributed by atoms with van der Waals surface area (Å²) >= 11 is 0. The molecular weight excluding hydrogens is 406 g/mol. The maximum Gasteiger partial charge on any atom is 0.259 e. The lowest BCUT2D eigenvalue weighted by molar-refractivity contribution is 0.255. The fraction of sp³-hybridized carbons (Fsp3) is 0.263. The number of ether oxygens (including phenoxy) is 1. The molecule has 0 saturated heterocycles. The number of nitrogens with two attached hydrogens (primary N) is 1. The van der Waals surface area contributed by atoms with Crippen LogP contribution in [-0.2, 0) is 15.8 Å². The number of aromatic nitrogens is 4.